The van der Waals surface area contributed by atoms with Crippen LogP contribution in [0.15, 0.2) is 66.7 Å². The van der Waals surface area contributed by atoms with E-state index in [0.29, 0.717) is 12.1 Å². The molecular formula is C27H27F3N2O. The fraction of sp³-hybridized carbons (Fsp3) is 0.333. The minimum absolute atomic E-state index is 0.0831. The largest absolute Gasteiger partial charge is 0.388 e. The molecular weight excluding hydrogens is 425 g/mol. The van der Waals surface area contributed by atoms with Gasteiger partial charge in [0.1, 0.15) is 17.5 Å². The van der Waals surface area contributed by atoms with Crippen LogP contribution in [0.3, 0.4) is 0 Å². The number of likely N-dealkylation sites (tertiary alicyclic amines) is 1. The summed E-state index contributed by atoms with van der Waals surface area (Å²) in [6.07, 6.45) is 1.60. The maximum absolute atomic E-state index is 14.7. The third-order valence-electron chi connectivity index (χ3n) is 6.96. The average Bonchev–Trinajstić information content (AvgIpc) is 3.12. The number of aliphatic hydroxyl groups is 1. The molecule has 1 unspecified atom stereocenters. The van der Waals surface area contributed by atoms with E-state index in [2.05, 4.69) is 4.90 Å². The third-order valence-corrected chi connectivity index (χ3v) is 6.96. The highest BCUT2D eigenvalue weighted by atomic mass is 19.1. The molecule has 172 valence electrons. The molecule has 6 heteroatoms. The molecule has 0 aromatic heterocycles. The summed E-state index contributed by atoms with van der Waals surface area (Å²) in [6.45, 7) is 2.43. The number of anilines is 2. The standard InChI is InChI=1S/C27H27F3N2O/c28-19-9-7-18(8-10-19)27(33)6-3-14-31-15-13-25-22(17-31)21-16-20(29)11-12-24(21)32(25)26-5-2-1-4-23(26)30/h1-2,4-5,7-12,16,22,25,27,33H,3,6,13-15,17H2/t22-,25+,27?/m0/s1. The van der Waals surface area contributed by atoms with Crippen LogP contribution in [-0.2, 0) is 0 Å². The van der Waals surface area contributed by atoms with Crippen LogP contribution in [0.2, 0.25) is 0 Å². The molecule has 2 heterocycles. The molecule has 0 amide bonds. The number of piperidine rings is 1. The first-order valence-corrected chi connectivity index (χ1v) is 11.5. The van der Waals surface area contributed by atoms with Gasteiger partial charge in [0.05, 0.1) is 11.8 Å². The Morgan fingerprint density at radius 3 is 2.45 bits per heavy atom. The molecule has 0 radical (unpaired) electrons. The van der Waals surface area contributed by atoms with Crippen LogP contribution in [0.5, 0.6) is 0 Å². The van der Waals surface area contributed by atoms with Crippen molar-refractivity contribution in [2.75, 3.05) is 24.5 Å². The van der Waals surface area contributed by atoms with E-state index in [1.807, 2.05) is 11.0 Å². The van der Waals surface area contributed by atoms with Crippen LogP contribution >= 0.6 is 0 Å². The van der Waals surface area contributed by atoms with Crippen LogP contribution in [0.4, 0.5) is 24.5 Å². The SMILES string of the molecule is OC(CCCN1CC[C@@H]2[C@@H](C1)c1cc(F)ccc1N2c1ccccc1F)c1ccc(F)cc1. The zero-order valence-corrected chi connectivity index (χ0v) is 18.3. The molecule has 3 atom stereocenters. The number of para-hydroxylation sites is 1. The molecule has 3 nitrogen and oxygen atoms in total. The first-order valence-electron chi connectivity index (χ1n) is 11.5. The van der Waals surface area contributed by atoms with Crippen molar-refractivity contribution in [1.29, 1.82) is 0 Å². The smallest absolute Gasteiger partial charge is 0.146 e. The maximum atomic E-state index is 14.7. The number of benzene rings is 3. The molecule has 2 aliphatic heterocycles. The fourth-order valence-electron chi connectivity index (χ4n) is 5.36. The molecule has 0 saturated carbocycles. The van der Waals surface area contributed by atoms with E-state index >= 15 is 0 Å². The second-order valence-corrected chi connectivity index (χ2v) is 9.00. The molecule has 0 spiro atoms. The Kier molecular flexibility index (Phi) is 6.13. The predicted octanol–water partition coefficient (Wildman–Crippen LogP) is 5.93. The second-order valence-electron chi connectivity index (χ2n) is 9.00. The Labute approximate surface area is 192 Å². The van der Waals surface area contributed by atoms with Crippen LogP contribution in [0, 0.1) is 17.5 Å². The monoisotopic (exact) mass is 452 g/mol. The Balaban J connectivity index is 1.28. The first-order chi connectivity index (χ1) is 16.0. The van der Waals surface area contributed by atoms with Gasteiger partial charge in [-0.3, -0.25) is 0 Å². The number of rotatable bonds is 6. The van der Waals surface area contributed by atoms with Gasteiger partial charge in [-0.25, -0.2) is 13.2 Å². The fourth-order valence-corrected chi connectivity index (χ4v) is 5.36. The summed E-state index contributed by atoms with van der Waals surface area (Å²) in [5.74, 6) is -0.773. The molecule has 2 aliphatic rings. The third kappa shape index (κ3) is 4.37. The average molecular weight is 453 g/mol. The predicted molar refractivity (Wildman–Crippen MR) is 123 cm³/mol. The van der Waals surface area contributed by atoms with E-state index in [4.69, 9.17) is 0 Å². The van der Waals surface area contributed by atoms with Crippen molar-refractivity contribution < 1.29 is 18.3 Å². The van der Waals surface area contributed by atoms with Crippen molar-refractivity contribution in [2.45, 2.75) is 37.3 Å². The van der Waals surface area contributed by atoms with Gasteiger partial charge in [-0.2, -0.15) is 0 Å². The summed E-state index contributed by atoms with van der Waals surface area (Å²) >= 11 is 0. The van der Waals surface area contributed by atoms with E-state index in [0.717, 1.165) is 49.3 Å². The highest BCUT2D eigenvalue weighted by Gasteiger charge is 2.43. The van der Waals surface area contributed by atoms with E-state index < -0.39 is 6.10 Å². The topological polar surface area (TPSA) is 26.7 Å². The summed E-state index contributed by atoms with van der Waals surface area (Å²) in [4.78, 5) is 4.39. The summed E-state index contributed by atoms with van der Waals surface area (Å²) < 4.78 is 41.9. The van der Waals surface area contributed by atoms with Crippen LogP contribution < -0.4 is 4.90 Å². The summed E-state index contributed by atoms with van der Waals surface area (Å²) in [5.41, 5.74) is 3.06. The molecule has 1 N–H and O–H groups in total. The van der Waals surface area contributed by atoms with Gasteiger partial charge in [-0.1, -0.05) is 24.3 Å². The number of halogens is 3. The van der Waals surface area contributed by atoms with Gasteiger partial charge in [0.2, 0.25) is 0 Å². The van der Waals surface area contributed by atoms with Gasteiger partial charge in [0, 0.05) is 30.7 Å². The van der Waals surface area contributed by atoms with Crippen molar-refractivity contribution in [2.24, 2.45) is 0 Å². The lowest BCUT2D eigenvalue weighted by Gasteiger charge is -2.39. The Morgan fingerprint density at radius 2 is 1.67 bits per heavy atom. The van der Waals surface area contributed by atoms with Crippen LogP contribution in [0.1, 0.15) is 42.4 Å². The number of hydrogen-bond donors (Lipinski definition) is 1. The molecule has 3 aromatic rings. The Hall–Kier alpha value is -2.83. The summed E-state index contributed by atoms with van der Waals surface area (Å²) in [7, 11) is 0. The Bertz CT molecular complexity index is 1120. The lowest BCUT2D eigenvalue weighted by molar-refractivity contribution is 0.145. The van der Waals surface area contributed by atoms with E-state index in [-0.39, 0.29) is 29.4 Å². The van der Waals surface area contributed by atoms with E-state index in [9.17, 15) is 18.3 Å². The molecule has 1 saturated heterocycles. The first kappa shape index (κ1) is 22.0. The van der Waals surface area contributed by atoms with Crippen LogP contribution in [-0.4, -0.2) is 35.7 Å². The minimum atomic E-state index is -0.624. The number of hydrogen-bond acceptors (Lipinski definition) is 3. The van der Waals surface area contributed by atoms with Gasteiger partial charge in [-0.05, 0) is 79.4 Å². The molecule has 0 bridgehead atoms. The number of fused-ring (bicyclic) bond motifs is 3. The molecule has 5 rings (SSSR count). The Morgan fingerprint density at radius 1 is 0.909 bits per heavy atom. The summed E-state index contributed by atoms with van der Waals surface area (Å²) in [6, 6.07) is 17.6. The normalized spacial score (nSPS) is 21.0. The van der Waals surface area contributed by atoms with E-state index in [1.165, 1.54) is 24.3 Å². The number of nitrogens with zero attached hydrogens (tertiary/aromatic N) is 2. The van der Waals surface area contributed by atoms with E-state index in [1.54, 1.807) is 36.4 Å². The van der Waals surface area contributed by atoms with Crippen molar-refractivity contribution >= 4 is 11.4 Å². The van der Waals surface area contributed by atoms with Crippen molar-refractivity contribution in [3.8, 4) is 0 Å². The van der Waals surface area contributed by atoms with Gasteiger partial charge in [0.25, 0.3) is 0 Å². The van der Waals surface area contributed by atoms with Crippen molar-refractivity contribution in [3.63, 3.8) is 0 Å². The molecule has 33 heavy (non-hydrogen) atoms. The lowest BCUT2D eigenvalue weighted by atomic mass is 9.88. The minimum Gasteiger partial charge on any atom is -0.388 e. The number of aliphatic hydroxyl groups excluding tert-OH is 1. The van der Waals surface area contributed by atoms with Gasteiger partial charge in [-0.15, -0.1) is 0 Å². The quantitative estimate of drug-likeness (QED) is 0.502. The van der Waals surface area contributed by atoms with Crippen LogP contribution in [0.25, 0.3) is 0 Å². The molecule has 0 aliphatic carbocycles. The maximum Gasteiger partial charge on any atom is 0.146 e. The molecule has 3 aromatic carbocycles. The van der Waals surface area contributed by atoms with Crippen molar-refractivity contribution in [3.05, 3.63) is 95.3 Å². The highest BCUT2D eigenvalue weighted by Crippen LogP contribution is 2.49. The highest BCUT2D eigenvalue weighted by molar-refractivity contribution is 5.73. The second kappa shape index (κ2) is 9.20. The summed E-state index contributed by atoms with van der Waals surface area (Å²) in [5, 5.41) is 10.4. The van der Waals surface area contributed by atoms with Gasteiger partial charge >= 0.3 is 0 Å². The van der Waals surface area contributed by atoms with Crippen molar-refractivity contribution in [1.82, 2.24) is 4.90 Å². The molecule has 1 fully saturated rings. The van der Waals surface area contributed by atoms with Gasteiger partial charge in [0.15, 0.2) is 0 Å². The van der Waals surface area contributed by atoms with Gasteiger partial charge < -0.3 is 14.9 Å². The zero-order chi connectivity index (χ0) is 22.9. The lowest BCUT2D eigenvalue weighted by Crippen LogP contribution is -2.45. The zero-order valence-electron chi connectivity index (χ0n) is 18.3.